The third-order valence-electron chi connectivity index (χ3n) is 1.61. The molecule has 0 radical (unpaired) electrons. The van der Waals surface area contributed by atoms with Crippen LogP contribution in [0.3, 0.4) is 0 Å². The number of hydrogen-bond donors (Lipinski definition) is 2. The van der Waals surface area contributed by atoms with Crippen LogP contribution in [0.4, 0.5) is 5.69 Å². The number of nitrogens with zero attached hydrogens (tertiary/aromatic N) is 2. The van der Waals surface area contributed by atoms with Crippen LogP contribution in [0, 0.1) is 5.21 Å². The molecular formula is C7H7N3O2. The van der Waals surface area contributed by atoms with Crippen LogP contribution in [0.15, 0.2) is 24.3 Å². The summed E-state index contributed by atoms with van der Waals surface area (Å²) in [4.78, 5) is 0.433. The number of hydrazine groups is 2. The van der Waals surface area contributed by atoms with E-state index >= 15 is 0 Å². The average molecular weight is 165 g/mol. The van der Waals surface area contributed by atoms with E-state index < -0.39 is 0 Å². The largest absolute Gasteiger partial charge is 0.595 e. The van der Waals surface area contributed by atoms with Gasteiger partial charge in [0.15, 0.2) is 0 Å². The van der Waals surface area contributed by atoms with E-state index in [4.69, 9.17) is 0 Å². The standard InChI is InChI=1S/C7H7N3O2/c11-9-5-6-3-1-2-4-7(6)10(12)8-9/h1-5,8,12H. The maximum Gasteiger partial charge on any atom is 0.218 e. The molecule has 0 aliphatic carbocycles. The van der Waals surface area contributed by atoms with E-state index in [0.717, 1.165) is 0 Å². The van der Waals surface area contributed by atoms with Crippen molar-refractivity contribution in [3.63, 3.8) is 0 Å². The summed E-state index contributed by atoms with van der Waals surface area (Å²) in [5.41, 5.74) is 3.38. The number of nitrogens with one attached hydrogen (secondary N) is 1. The van der Waals surface area contributed by atoms with Crippen LogP contribution in [0.5, 0.6) is 0 Å². The molecule has 0 bridgehead atoms. The Balaban J connectivity index is 2.55. The lowest BCUT2D eigenvalue weighted by molar-refractivity contribution is -0.531. The number of hydrazone groups is 1. The highest BCUT2D eigenvalue weighted by Gasteiger charge is 2.16. The van der Waals surface area contributed by atoms with Gasteiger partial charge in [0.2, 0.25) is 6.21 Å². The number of benzene rings is 1. The first kappa shape index (κ1) is 6.93. The molecule has 1 aliphatic rings. The Labute approximate surface area is 68.6 Å². The highest BCUT2D eigenvalue weighted by Crippen LogP contribution is 2.17. The van der Waals surface area contributed by atoms with Gasteiger partial charge in [-0.2, -0.15) is 0 Å². The van der Waals surface area contributed by atoms with Gasteiger partial charge >= 0.3 is 0 Å². The Kier molecular flexibility index (Phi) is 1.38. The molecule has 2 rings (SSSR count). The zero-order chi connectivity index (χ0) is 8.55. The van der Waals surface area contributed by atoms with E-state index in [1.807, 2.05) is 0 Å². The smallest absolute Gasteiger partial charge is 0.218 e. The lowest BCUT2D eigenvalue weighted by atomic mass is 10.2. The minimum atomic E-state index is 0.433. The lowest BCUT2D eigenvalue weighted by Gasteiger charge is -2.21. The zero-order valence-corrected chi connectivity index (χ0v) is 6.14. The van der Waals surface area contributed by atoms with Crippen LogP contribution < -0.4 is 10.7 Å². The van der Waals surface area contributed by atoms with Crippen molar-refractivity contribution >= 4 is 11.9 Å². The second kappa shape index (κ2) is 2.38. The SMILES string of the molecule is [O-][N+]1=Cc2ccccc2N(O)N1. The van der Waals surface area contributed by atoms with Crippen molar-refractivity contribution in [2.75, 3.05) is 5.17 Å². The van der Waals surface area contributed by atoms with Gasteiger partial charge < -0.3 is 5.21 Å². The average Bonchev–Trinajstić information content (AvgIpc) is 2.04. The van der Waals surface area contributed by atoms with Crippen molar-refractivity contribution in [3.05, 3.63) is 35.0 Å². The van der Waals surface area contributed by atoms with Crippen molar-refractivity contribution in [2.45, 2.75) is 0 Å². The van der Waals surface area contributed by atoms with Gasteiger partial charge in [-0.25, -0.2) is 0 Å². The van der Waals surface area contributed by atoms with E-state index in [2.05, 4.69) is 5.53 Å². The quantitative estimate of drug-likeness (QED) is 0.427. The molecule has 5 heteroatoms. The molecule has 5 nitrogen and oxygen atoms in total. The second-order valence-electron chi connectivity index (χ2n) is 2.43. The fourth-order valence-electron chi connectivity index (χ4n) is 1.09. The molecule has 2 N–H and O–H groups in total. The number of para-hydroxylation sites is 1. The Morgan fingerprint density at radius 2 is 2.17 bits per heavy atom. The molecule has 1 heterocycles. The monoisotopic (exact) mass is 165 g/mol. The fraction of sp³-hybridized carbons (Fsp3) is 0. The third-order valence-corrected chi connectivity index (χ3v) is 1.61. The van der Waals surface area contributed by atoms with Crippen molar-refractivity contribution in [3.8, 4) is 0 Å². The molecule has 0 saturated carbocycles. The second-order valence-corrected chi connectivity index (χ2v) is 2.43. The lowest BCUT2D eigenvalue weighted by Crippen LogP contribution is -2.44. The molecule has 0 fully saturated rings. The molecule has 1 aliphatic heterocycles. The molecule has 0 aromatic heterocycles. The summed E-state index contributed by atoms with van der Waals surface area (Å²) in [6, 6.07) is 7.01. The van der Waals surface area contributed by atoms with Gasteiger partial charge in [0, 0.05) is 0 Å². The van der Waals surface area contributed by atoms with Crippen LogP contribution in [0.2, 0.25) is 0 Å². The Morgan fingerprint density at radius 3 is 3.00 bits per heavy atom. The van der Waals surface area contributed by atoms with Gasteiger partial charge in [0.05, 0.1) is 5.56 Å². The third kappa shape index (κ3) is 0.960. The number of fused-ring (bicyclic) bond motifs is 1. The summed E-state index contributed by atoms with van der Waals surface area (Å²) >= 11 is 0. The highest BCUT2D eigenvalue weighted by atomic mass is 16.6. The molecule has 12 heavy (non-hydrogen) atoms. The maximum absolute atomic E-state index is 10.8. The molecule has 62 valence electrons. The van der Waals surface area contributed by atoms with Crippen LogP contribution in [0.25, 0.3) is 0 Å². The predicted molar refractivity (Wildman–Crippen MR) is 42.6 cm³/mol. The first-order valence-corrected chi connectivity index (χ1v) is 3.43. The van der Waals surface area contributed by atoms with Crippen LogP contribution >= 0.6 is 0 Å². The summed E-state index contributed by atoms with van der Waals surface area (Å²) in [6.45, 7) is 0. The molecule has 0 spiro atoms. The van der Waals surface area contributed by atoms with Crippen LogP contribution in [-0.4, -0.2) is 16.3 Å². The molecule has 1 aromatic rings. The van der Waals surface area contributed by atoms with E-state index in [9.17, 15) is 10.4 Å². The summed E-state index contributed by atoms with van der Waals surface area (Å²) in [6.07, 6.45) is 1.35. The number of rotatable bonds is 0. The summed E-state index contributed by atoms with van der Waals surface area (Å²) in [5.74, 6) is 0. The van der Waals surface area contributed by atoms with E-state index in [0.29, 0.717) is 21.3 Å². The maximum atomic E-state index is 10.8. The summed E-state index contributed by atoms with van der Waals surface area (Å²) < 4.78 is 0. The first-order chi connectivity index (χ1) is 5.77. The molecule has 0 unspecified atom stereocenters. The van der Waals surface area contributed by atoms with E-state index in [1.54, 1.807) is 24.3 Å². The van der Waals surface area contributed by atoms with Crippen LogP contribution in [0.1, 0.15) is 5.56 Å². The van der Waals surface area contributed by atoms with Gasteiger partial charge in [-0.1, -0.05) is 22.5 Å². The number of hydrogen-bond acceptors (Lipinski definition) is 4. The highest BCUT2D eigenvalue weighted by molar-refractivity contribution is 5.85. The van der Waals surface area contributed by atoms with Crippen molar-refractivity contribution in [1.82, 2.24) is 5.53 Å². The normalized spacial score (nSPS) is 14.8. The molecule has 1 aromatic carbocycles. The van der Waals surface area contributed by atoms with E-state index in [1.165, 1.54) is 6.21 Å². The van der Waals surface area contributed by atoms with Gasteiger partial charge in [-0.05, 0) is 12.1 Å². The molecule has 0 atom stereocenters. The van der Waals surface area contributed by atoms with Crippen molar-refractivity contribution in [2.24, 2.45) is 0 Å². The summed E-state index contributed by atoms with van der Waals surface area (Å²) in [5, 5.41) is 20.7. The topological polar surface area (TPSA) is 61.6 Å². The van der Waals surface area contributed by atoms with Crippen molar-refractivity contribution < 1.29 is 10.1 Å². The van der Waals surface area contributed by atoms with Gasteiger partial charge in [-0.3, -0.25) is 5.21 Å². The van der Waals surface area contributed by atoms with Crippen LogP contribution in [-0.2, 0) is 0 Å². The summed E-state index contributed by atoms with van der Waals surface area (Å²) in [7, 11) is 0. The van der Waals surface area contributed by atoms with Gasteiger partial charge in [0.25, 0.3) is 0 Å². The van der Waals surface area contributed by atoms with Gasteiger partial charge in [0.1, 0.15) is 5.69 Å². The Hall–Kier alpha value is -1.75. The van der Waals surface area contributed by atoms with E-state index in [-0.39, 0.29) is 0 Å². The first-order valence-electron chi connectivity index (χ1n) is 3.43. The Bertz CT molecular complexity index is 337. The number of anilines is 1. The molecular weight excluding hydrogens is 158 g/mol. The molecule has 0 amide bonds. The Morgan fingerprint density at radius 1 is 1.42 bits per heavy atom. The fourth-order valence-corrected chi connectivity index (χ4v) is 1.09. The van der Waals surface area contributed by atoms with Gasteiger partial charge in [-0.15, -0.1) is 5.17 Å². The zero-order valence-electron chi connectivity index (χ0n) is 6.14. The molecule has 0 saturated heterocycles. The predicted octanol–water partition coefficient (Wildman–Crippen LogP) is 0.245. The van der Waals surface area contributed by atoms with Crippen molar-refractivity contribution in [1.29, 1.82) is 0 Å². The minimum absolute atomic E-state index is 0.433. The minimum Gasteiger partial charge on any atom is -0.595 e.